The molecule has 2 aromatic carbocycles. The summed E-state index contributed by atoms with van der Waals surface area (Å²) in [6.07, 6.45) is -0.431. The number of amides is 1. The summed E-state index contributed by atoms with van der Waals surface area (Å²) in [6.45, 7) is 5.46. The van der Waals surface area contributed by atoms with Gasteiger partial charge in [-0.15, -0.1) is 10.2 Å². The summed E-state index contributed by atoms with van der Waals surface area (Å²) < 4.78 is 11.0. The molecular formula is C20H21N3O4. The first-order valence-corrected chi connectivity index (χ1v) is 8.43. The third-order valence-electron chi connectivity index (χ3n) is 3.69. The van der Waals surface area contributed by atoms with E-state index in [1.54, 1.807) is 55.6 Å². The zero-order chi connectivity index (χ0) is 19.6. The summed E-state index contributed by atoms with van der Waals surface area (Å²) in [5, 5.41) is 17.6. The maximum Gasteiger partial charge on any atom is 0.414 e. The van der Waals surface area contributed by atoms with Gasteiger partial charge in [-0.3, -0.25) is 4.90 Å². The van der Waals surface area contributed by atoms with Crippen LogP contribution in [-0.2, 0) is 4.74 Å². The number of phenols is 1. The lowest BCUT2D eigenvalue weighted by molar-refractivity contribution is 0.0589. The molecule has 0 saturated heterocycles. The van der Waals surface area contributed by atoms with Gasteiger partial charge in [0.25, 0.3) is 0 Å². The van der Waals surface area contributed by atoms with Crippen molar-refractivity contribution in [3.8, 4) is 28.7 Å². The number of phenolic OH excluding ortho intramolecular Hbond substituents is 1. The Kier molecular flexibility index (Phi) is 4.85. The average Bonchev–Trinajstić information content (AvgIpc) is 3.10. The second-order valence-electron chi connectivity index (χ2n) is 7.05. The second kappa shape index (κ2) is 7.11. The molecule has 1 aromatic heterocycles. The highest BCUT2D eigenvalue weighted by atomic mass is 16.6. The fraction of sp³-hybridized carbons (Fsp3) is 0.250. The molecule has 0 atom stereocenters. The molecule has 3 rings (SSSR count). The topological polar surface area (TPSA) is 88.7 Å². The number of rotatable bonds is 3. The molecule has 7 nitrogen and oxygen atoms in total. The molecule has 0 spiro atoms. The molecule has 0 unspecified atom stereocenters. The first-order chi connectivity index (χ1) is 12.7. The lowest BCUT2D eigenvalue weighted by Gasteiger charge is -2.24. The Labute approximate surface area is 157 Å². The summed E-state index contributed by atoms with van der Waals surface area (Å²) in [5.74, 6) is 0.789. The van der Waals surface area contributed by atoms with Crippen molar-refractivity contribution in [2.24, 2.45) is 0 Å². The van der Waals surface area contributed by atoms with Gasteiger partial charge in [-0.05, 0) is 63.2 Å². The fourth-order valence-electron chi connectivity index (χ4n) is 2.36. The van der Waals surface area contributed by atoms with E-state index in [2.05, 4.69) is 10.2 Å². The number of hydrogen-bond donors (Lipinski definition) is 1. The van der Waals surface area contributed by atoms with E-state index in [4.69, 9.17) is 9.15 Å². The van der Waals surface area contributed by atoms with Crippen molar-refractivity contribution >= 4 is 11.8 Å². The molecule has 3 aromatic rings. The van der Waals surface area contributed by atoms with E-state index in [1.807, 2.05) is 20.8 Å². The molecule has 0 aliphatic heterocycles. The first-order valence-electron chi connectivity index (χ1n) is 8.43. The SMILES string of the molecule is CN(C(=O)OC(C)(C)C)c1ccc(-c2nnc(-c3cccc(O)c3)o2)cc1. The Bertz CT molecular complexity index is 942. The van der Waals surface area contributed by atoms with Crippen LogP contribution in [0.4, 0.5) is 10.5 Å². The van der Waals surface area contributed by atoms with Crippen LogP contribution < -0.4 is 4.90 Å². The van der Waals surface area contributed by atoms with Crippen LogP contribution in [0.15, 0.2) is 52.9 Å². The van der Waals surface area contributed by atoms with Gasteiger partial charge < -0.3 is 14.3 Å². The molecule has 0 aliphatic rings. The Balaban J connectivity index is 1.77. The Morgan fingerprint density at radius 3 is 2.26 bits per heavy atom. The summed E-state index contributed by atoms with van der Waals surface area (Å²) in [6, 6.07) is 13.7. The van der Waals surface area contributed by atoms with Gasteiger partial charge in [0.1, 0.15) is 11.4 Å². The van der Waals surface area contributed by atoms with Gasteiger partial charge in [-0.1, -0.05) is 6.07 Å². The predicted octanol–water partition coefficient (Wildman–Crippen LogP) is 4.48. The summed E-state index contributed by atoms with van der Waals surface area (Å²) in [4.78, 5) is 13.6. The number of aromatic hydroxyl groups is 1. The van der Waals surface area contributed by atoms with E-state index in [0.717, 1.165) is 5.56 Å². The maximum absolute atomic E-state index is 12.1. The van der Waals surface area contributed by atoms with Gasteiger partial charge in [-0.25, -0.2) is 4.79 Å². The molecule has 0 aliphatic carbocycles. The fourth-order valence-corrected chi connectivity index (χ4v) is 2.36. The molecule has 0 fully saturated rings. The summed E-state index contributed by atoms with van der Waals surface area (Å²) in [7, 11) is 1.65. The number of benzene rings is 2. The first kappa shape index (κ1) is 18.4. The molecule has 0 bridgehead atoms. The third-order valence-corrected chi connectivity index (χ3v) is 3.69. The van der Waals surface area contributed by atoms with E-state index >= 15 is 0 Å². The van der Waals surface area contributed by atoms with Crippen LogP contribution in [0.5, 0.6) is 5.75 Å². The lowest BCUT2D eigenvalue weighted by Crippen LogP contribution is -2.34. The molecule has 1 amide bonds. The molecule has 140 valence electrons. The van der Waals surface area contributed by atoms with Crippen molar-refractivity contribution in [3.63, 3.8) is 0 Å². The van der Waals surface area contributed by atoms with Gasteiger partial charge in [0.2, 0.25) is 11.8 Å². The molecule has 0 radical (unpaired) electrons. The molecule has 0 saturated carbocycles. The van der Waals surface area contributed by atoms with Gasteiger partial charge >= 0.3 is 6.09 Å². The Morgan fingerprint density at radius 1 is 1.04 bits per heavy atom. The van der Waals surface area contributed by atoms with Crippen molar-refractivity contribution in [2.45, 2.75) is 26.4 Å². The van der Waals surface area contributed by atoms with Crippen LogP contribution >= 0.6 is 0 Å². The molecule has 1 heterocycles. The molecule has 27 heavy (non-hydrogen) atoms. The van der Waals surface area contributed by atoms with Crippen molar-refractivity contribution in [2.75, 3.05) is 11.9 Å². The Hall–Kier alpha value is -3.35. The summed E-state index contributed by atoms with van der Waals surface area (Å²) in [5.41, 5.74) is 1.48. The lowest BCUT2D eigenvalue weighted by atomic mass is 10.2. The number of nitrogens with zero attached hydrogens (tertiary/aromatic N) is 3. The minimum absolute atomic E-state index is 0.127. The number of hydrogen-bond acceptors (Lipinski definition) is 6. The number of anilines is 1. The molecule has 7 heteroatoms. The van der Waals surface area contributed by atoms with E-state index in [0.29, 0.717) is 23.0 Å². The standard InChI is InChI=1S/C20H21N3O4/c1-20(2,3)27-19(25)23(4)15-10-8-13(9-11-15)17-21-22-18(26-17)14-6-5-7-16(24)12-14/h5-12,24H,1-4H3. The van der Waals surface area contributed by atoms with Gasteiger partial charge in [0.15, 0.2) is 0 Å². The van der Waals surface area contributed by atoms with Crippen LogP contribution in [0.3, 0.4) is 0 Å². The minimum atomic E-state index is -0.558. The van der Waals surface area contributed by atoms with Crippen molar-refractivity contribution in [1.82, 2.24) is 10.2 Å². The number of aromatic nitrogens is 2. The average molecular weight is 367 g/mol. The third kappa shape index (κ3) is 4.44. The maximum atomic E-state index is 12.1. The van der Waals surface area contributed by atoms with Crippen LogP contribution in [0.1, 0.15) is 20.8 Å². The quantitative estimate of drug-likeness (QED) is 0.734. The summed E-state index contributed by atoms with van der Waals surface area (Å²) >= 11 is 0. The van der Waals surface area contributed by atoms with Crippen LogP contribution in [0.2, 0.25) is 0 Å². The van der Waals surface area contributed by atoms with Gasteiger partial charge in [0, 0.05) is 23.9 Å². The van der Waals surface area contributed by atoms with E-state index in [9.17, 15) is 9.90 Å². The Morgan fingerprint density at radius 2 is 1.67 bits per heavy atom. The van der Waals surface area contributed by atoms with Gasteiger partial charge in [-0.2, -0.15) is 0 Å². The van der Waals surface area contributed by atoms with Gasteiger partial charge in [0.05, 0.1) is 0 Å². The van der Waals surface area contributed by atoms with Crippen molar-refractivity contribution in [1.29, 1.82) is 0 Å². The highest BCUT2D eigenvalue weighted by Crippen LogP contribution is 2.27. The minimum Gasteiger partial charge on any atom is -0.508 e. The van der Waals surface area contributed by atoms with Crippen LogP contribution in [0, 0.1) is 0 Å². The zero-order valence-corrected chi connectivity index (χ0v) is 15.6. The van der Waals surface area contributed by atoms with E-state index in [-0.39, 0.29) is 5.75 Å². The highest BCUT2D eigenvalue weighted by molar-refractivity contribution is 5.87. The normalized spacial score (nSPS) is 11.3. The van der Waals surface area contributed by atoms with Crippen LogP contribution in [0.25, 0.3) is 22.9 Å². The predicted molar refractivity (Wildman–Crippen MR) is 101 cm³/mol. The second-order valence-corrected chi connectivity index (χ2v) is 7.05. The number of carbonyl (C=O) groups is 1. The molecular weight excluding hydrogens is 346 g/mol. The van der Waals surface area contributed by atoms with Crippen LogP contribution in [-0.4, -0.2) is 34.0 Å². The number of ether oxygens (including phenoxy) is 1. The van der Waals surface area contributed by atoms with Crippen molar-refractivity contribution in [3.05, 3.63) is 48.5 Å². The van der Waals surface area contributed by atoms with E-state index < -0.39 is 11.7 Å². The van der Waals surface area contributed by atoms with Crippen molar-refractivity contribution < 1.29 is 19.1 Å². The zero-order valence-electron chi connectivity index (χ0n) is 15.6. The largest absolute Gasteiger partial charge is 0.508 e. The highest BCUT2D eigenvalue weighted by Gasteiger charge is 2.20. The smallest absolute Gasteiger partial charge is 0.414 e. The monoisotopic (exact) mass is 367 g/mol. The molecule has 1 N–H and O–H groups in total. The number of carbonyl (C=O) groups excluding carboxylic acids is 1. The van der Waals surface area contributed by atoms with E-state index in [1.165, 1.54) is 4.90 Å².